The summed E-state index contributed by atoms with van der Waals surface area (Å²) < 4.78 is 4.13. The quantitative estimate of drug-likeness (QED) is 0.381. The van der Waals surface area contributed by atoms with E-state index in [0.717, 1.165) is 6.21 Å². The summed E-state index contributed by atoms with van der Waals surface area (Å²) in [6, 6.07) is 0. The van der Waals surface area contributed by atoms with E-state index < -0.39 is 5.97 Å². The van der Waals surface area contributed by atoms with Crippen molar-refractivity contribution >= 4 is 24.0 Å². The van der Waals surface area contributed by atoms with Gasteiger partial charge in [-0.1, -0.05) is 32.6 Å². The van der Waals surface area contributed by atoms with Crippen LogP contribution in [-0.2, 0) is 9.08 Å². The lowest BCUT2D eigenvalue weighted by Crippen LogP contribution is -2.26. The van der Waals surface area contributed by atoms with Crippen LogP contribution in [0.4, 0.5) is 0 Å². The van der Waals surface area contributed by atoms with Gasteiger partial charge in [-0.2, -0.15) is 0 Å². The Morgan fingerprint density at radius 2 is 2.11 bits per heavy atom. The van der Waals surface area contributed by atoms with Crippen molar-refractivity contribution in [3.05, 3.63) is 35.6 Å². The highest BCUT2D eigenvalue weighted by atomic mass is 35.5. The molecule has 19 heavy (non-hydrogen) atoms. The maximum absolute atomic E-state index is 11.4. The summed E-state index contributed by atoms with van der Waals surface area (Å²) >= 11 is 5.03. The summed E-state index contributed by atoms with van der Waals surface area (Å²) in [5.74, 6) is -0.734. The molecule has 0 saturated heterocycles. The van der Waals surface area contributed by atoms with Crippen LogP contribution in [0.2, 0.25) is 0 Å². The zero-order valence-corrected chi connectivity index (χ0v) is 12.4. The average molecular weight is 288 g/mol. The number of hydrogen-bond acceptors (Lipinski definition) is 5. The van der Waals surface area contributed by atoms with Gasteiger partial charge in [0.25, 0.3) is 0 Å². The van der Waals surface area contributed by atoms with Crippen molar-refractivity contribution in [2.75, 3.05) is 13.1 Å². The minimum Gasteiger partial charge on any atom is -0.383 e. The van der Waals surface area contributed by atoms with Crippen molar-refractivity contribution in [1.29, 1.82) is 5.41 Å². The number of carbonyl (C=O) groups excluding carboxylic acids is 1. The largest absolute Gasteiger partial charge is 0.383 e. The minimum atomic E-state index is -0.734. The Kier molecular flexibility index (Phi) is 13.4. The number of allylic oxidation sites excluding steroid dienone is 2. The van der Waals surface area contributed by atoms with Crippen LogP contribution in [0.5, 0.6) is 0 Å². The summed E-state index contributed by atoms with van der Waals surface area (Å²) in [5, 5.41) is 10.2. The van der Waals surface area contributed by atoms with Gasteiger partial charge in [-0.25, -0.2) is 4.79 Å². The van der Waals surface area contributed by atoms with Gasteiger partial charge in [-0.15, -0.1) is 0 Å². The summed E-state index contributed by atoms with van der Waals surface area (Å²) in [5.41, 5.74) is 6.49. The van der Waals surface area contributed by atoms with E-state index in [1.165, 1.54) is 6.08 Å². The molecule has 0 amide bonds. The molecular formula is C13H22ClN3O2. The fourth-order valence-electron chi connectivity index (χ4n) is 1.18. The van der Waals surface area contributed by atoms with Crippen molar-refractivity contribution < 1.29 is 9.08 Å². The number of rotatable bonds is 7. The van der Waals surface area contributed by atoms with Crippen molar-refractivity contribution in [3.63, 3.8) is 0 Å². The Balaban J connectivity index is 0. The van der Waals surface area contributed by atoms with Gasteiger partial charge in [0.2, 0.25) is 0 Å². The molecule has 0 unspecified atom stereocenters. The second kappa shape index (κ2) is 12.9. The first-order valence-electron chi connectivity index (χ1n) is 5.96. The van der Waals surface area contributed by atoms with Gasteiger partial charge >= 0.3 is 5.97 Å². The number of halogens is 1. The van der Waals surface area contributed by atoms with E-state index in [9.17, 15) is 4.79 Å². The standard InChI is InChI=1S/C11H16ClN3O2.C2H6/c1-3-8(7-14)10(15-6-5-13)9(4-2)11(16)17-12;1-2/h3-4,7,14-15H,2,5-6,13H2,1H3;1-2H3/b8-3-,10-9-,14-7?;. The molecule has 0 heterocycles. The van der Waals surface area contributed by atoms with E-state index in [2.05, 4.69) is 16.2 Å². The van der Waals surface area contributed by atoms with Gasteiger partial charge in [0.1, 0.15) is 11.9 Å². The highest BCUT2D eigenvalue weighted by Gasteiger charge is 2.15. The van der Waals surface area contributed by atoms with Crippen LogP contribution >= 0.6 is 11.9 Å². The Morgan fingerprint density at radius 3 is 2.42 bits per heavy atom. The lowest BCUT2D eigenvalue weighted by molar-refractivity contribution is -0.129. The first-order chi connectivity index (χ1) is 9.15. The molecule has 0 rings (SSSR count). The Hall–Kier alpha value is -1.59. The molecule has 4 N–H and O–H groups in total. The Labute approximate surface area is 119 Å². The molecule has 0 aromatic heterocycles. The van der Waals surface area contributed by atoms with Crippen LogP contribution in [0.25, 0.3) is 0 Å². The van der Waals surface area contributed by atoms with E-state index in [4.69, 9.17) is 23.0 Å². The van der Waals surface area contributed by atoms with E-state index in [0.29, 0.717) is 24.4 Å². The molecule has 108 valence electrons. The first kappa shape index (κ1) is 19.7. The zero-order valence-electron chi connectivity index (χ0n) is 11.6. The fourth-order valence-corrected chi connectivity index (χ4v) is 1.26. The molecule has 0 bridgehead atoms. The van der Waals surface area contributed by atoms with Gasteiger partial charge in [0.15, 0.2) is 0 Å². The van der Waals surface area contributed by atoms with E-state index in [1.807, 2.05) is 13.8 Å². The SMILES string of the molecule is C=C/C(C(=O)OCl)=C(NCCN)\C(C=N)=C/C.CC. The summed E-state index contributed by atoms with van der Waals surface area (Å²) in [7, 11) is 0. The van der Waals surface area contributed by atoms with Crippen LogP contribution in [0, 0.1) is 5.41 Å². The van der Waals surface area contributed by atoms with Crippen LogP contribution in [0.3, 0.4) is 0 Å². The van der Waals surface area contributed by atoms with Crippen molar-refractivity contribution in [3.8, 4) is 0 Å². The molecule has 0 aromatic carbocycles. The molecular weight excluding hydrogens is 266 g/mol. The first-order valence-corrected chi connectivity index (χ1v) is 6.27. The van der Waals surface area contributed by atoms with Gasteiger partial charge in [0, 0.05) is 24.9 Å². The maximum atomic E-state index is 11.4. The van der Waals surface area contributed by atoms with Crippen molar-refractivity contribution in [1.82, 2.24) is 5.32 Å². The molecule has 0 fully saturated rings. The second-order valence-corrected chi connectivity index (χ2v) is 3.12. The maximum Gasteiger partial charge on any atom is 0.358 e. The smallest absolute Gasteiger partial charge is 0.358 e. The third-order valence-electron chi connectivity index (χ3n) is 1.96. The molecule has 0 atom stereocenters. The molecule has 0 aromatic rings. The fraction of sp³-hybridized carbons (Fsp3) is 0.385. The molecule has 0 saturated carbocycles. The topological polar surface area (TPSA) is 88.2 Å². The summed E-state index contributed by atoms with van der Waals surface area (Å²) in [6.45, 7) is 10.1. The number of nitrogens with one attached hydrogen (secondary N) is 2. The van der Waals surface area contributed by atoms with Gasteiger partial charge in [-0.3, -0.25) is 0 Å². The molecule has 0 radical (unpaired) electrons. The highest BCUT2D eigenvalue weighted by molar-refractivity contribution is 6.16. The Bertz CT molecular complexity index is 363. The normalized spacial score (nSPS) is 11.5. The monoisotopic (exact) mass is 287 g/mol. The third kappa shape index (κ3) is 6.79. The Morgan fingerprint density at radius 1 is 1.53 bits per heavy atom. The van der Waals surface area contributed by atoms with Crippen molar-refractivity contribution in [2.45, 2.75) is 20.8 Å². The second-order valence-electron chi connectivity index (χ2n) is 2.96. The van der Waals surface area contributed by atoms with E-state index in [-0.39, 0.29) is 5.57 Å². The number of carbonyl (C=O) groups is 1. The third-order valence-corrected chi connectivity index (χ3v) is 2.10. The van der Waals surface area contributed by atoms with E-state index >= 15 is 0 Å². The van der Waals surface area contributed by atoms with Crippen LogP contribution < -0.4 is 11.1 Å². The van der Waals surface area contributed by atoms with Crippen molar-refractivity contribution in [2.24, 2.45) is 5.73 Å². The highest BCUT2D eigenvalue weighted by Crippen LogP contribution is 2.14. The molecule has 6 heteroatoms. The summed E-state index contributed by atoms with van der Waals surface area (Å²) in [4.78, 5) is 11.4. The minimum absolute atomic E-state index is 0.157. The molecule has 0 aliphatic heterocycles. The predicted octanol–water partition coefficient (Wildman–Crippen LogP) is 2.29. The summed E-state index contributed by atoms with van der Waals surface area (Å²) in [6.07, 6.45) is 4.11. The van der Waals surface area contributed by atoms with Crippen LogP contribution in [-0.4, -0.2) is 25.3 Å². The molecule has 0 aliphatic rings. The van der Waals surface area contributed by atoms with Gasteiger partial charge in [-0.05, 0) is 6.92 Å². The lowest BCUT2D eigenvalue weighted by atomic mass is 10.1. The lowest BCUT2D eigenvalue weighted by Gasteiger charge is -2.13. The predicted molar refractivity (Wildman–Crippen MR) is 80.1 cm³/mol. The molecule has 0 spiro atoms. The van der Waals surface area contributed by atoms with Crippen LogP contribution in [0.1, 0.15) is 20.8 Å². The van der Waals surface area contributed by atoms with Gasteiger partial charge in [0.05, 0.1) is 11.3 Å². The zero-order chi connectivity index (χ0) is 15.3. The molecule has 5 nitrogen and oxygen atoms in total. The van der Waals surface area contributed by atoms with Crippen LogP contribution in [0.15, 0.2) is 35.6 Å². The van der Waals surface area contributed by atoms with E-state index in [1.54, 1.807) is 13.0 Å². The number of hydrogen-bond donors (Lipinski definition) is 3. The average Bonchev–Trinajstić information content (AvgIpc) is 2.47. The molecule has 0 aliphatic carbocycles. The number of nitrogens with two attached hydrogens (primary N) is 1. The van der Waals surface area contributed by atoms with Gasteiger partial charge < -0.3 is 20.7 Å².